The van der Waals surface area contributed by atoms with Crippen molar-refractivity contribution in [3.8, 4) is 10.6 Å². The maximum Gasteiger partial charge on any atom is 0.291 e. The molecule has 0 amide bonds. The van der Waals surface area contributed by atoms with Crippen molar-refractivity contribution in [2.45, 2.75) is 42.9 Å². The molecular formula is C23H28F2N6O4S2. The minimum absolute atomic E-state index is 0.0937. The Kier molecular flexibility index (Phi) is 6.24. The Balaban J connectivity index is 1.45. The quantitative estimate of drug-likeness (QED) is 0.496. The van der Waals surface area contributed by atoms with Gasteiger partial charge in [-0.05, 0) is 32.0 Å². The summed E-state index contributed by atoms with van der Waals surface area (Å²) in [6.45, 7) is 8.36. The highest BCUT2D eigenvalue weighted by Crippen LogP contribution is 2.36. The van der Waals surface area contributed by atoms with Crippen LogP contribution in [0.25, 0.3) is 16.1 Å². The Morgan fingerprint density at radius 1 is 1.24 bits per heavy atom. The van der Waals surface area contributed by atoms with Crippen LogP contribution < -0.4 is 9.62 Å². The summed E-state index contributed by atoms with van der Waals surface area (Å²) >= 11 is 0.802. The molecule has 6 heterocycles. The smallest absolute Gasteiger partial charge is 0.291 e. The van der Waals surface area contributed by atoms with Crippen molar-refractivity contribution in [3.05, 3.63) is 29.4 Å². The highest BCUT2D eigenvalue weighted by molar-refractivity contribution is 7.89. The zero-order valence-corrected chi connectivity index (χ0v) is 22.1. The van der Waals surface area contributed by atoms with Crippen molar-refractivity contribution in [1.29, 1.82) is 0 Å². The van der Waals surface area contributed by atoms with Crippen LogP contribution in [0.2, 0.25) is 0 Å². The number of morpholine rings is 1. The molecule has 0 radical (unpaired) electrons. The van der Waals surface area contributed by atoms with Gasteiger partial charge in [-0.1, -0.05) is 11.3 Å². The number of rotatable bonds is 6. The van der Waals surface area contributed by atoms with Gasteiger partial charge in [0.15, 0.2) is 5.01 Å². The molecule has 6 rings (SSSR count). The number of piperazine rings is 1. The van der Waals surface area contributed by atoms with Crippen molar-refractivity contribution < 1.29 is 26.7 Å². The molecule has 10 nitrogen and oxygen atoms in total. The zero-order valence-electron chi connectivity index (χ0n) is 20.4. The minimum atomic E-state index is -3.93. The number of ether oxygens (including phenoxy) is 2. The van der Waals surface area contributed by atoms with E-state index in [-0.39, 0.29) is 28.7 Å². The molecule has 200 valence electrons. The van der Waals surface area contributed by atoms with Gasteiger partial charge in [0.1, 0.15) is 10.8 Å². The largest absolute Gasteiger partial charge is 0.378 e. The van der Waals surface area contributed by atoms with Crippen LogP contribution in [0.15, 0.2) is 29.3 Å². The molecule has 0 saturated carbocycles. The monoisotopic (exact) mass is 554 g/mol. The van der Waals surface area contributed by atoms with E-state index in [2.05, 4.69) is 24.7 Å². The van der Waals surface area contributed by atoms with Crippen LogP contribution in [0.3, 0.4) is 0 Å². The molecule has 3 fully saturated rings. The summed E-state index contributed by atoms with van der Waals surface area (Å²) < 4.78 is 69.5. The lowest BCUT2D eigenvalue weighted by atomic mass is 9.93. The second-order valence-electron chi connectivity index (χ2n) is 9.97. The molecule has 3 saturated heterocycles. The minimum Gasteiger partial charge on any atom is -0.378 e. The standard InChI is InChI=1S/C23H28F2N6O4S2/c1-14-23(2,13-35-14)28-37(32,33)16-9-18-17(21-26-27-22(36-21)20(24)25)3-4-31(18)19(10-16)30-6-5-29-7-8-34-12-15(29)11-30/h3-4,9-10,14-15,20,28H,5-8,11-13H2,1-2H3/t14?,15-,23?/m1/s1. The average Bonchev–Trinajstić information content (AvgIpc) is 3.54. The molecule has 37 heavy (non-hydrogen) atoms. The van der Waals surface area contributed by atoms with Crippen LogP contribution in [0.4, 0.5) is 14.6 Å². The number of fused-ring (bicyclic) bond motifs is 2. The van der Waals surface area contributed by atoms with Crippen molar-refractivity contribution >= 4 is 32.7 Å². The van der Waals surface area contributed by atoms with E-state index in [9.17, 15) is 17.2 Å². The number of nitrogens with zero attached hydrogens (tertiary/aromatic N) is 5. The fourth-order valence-corrected chi connectivity index (χ4v) is 7.33. The molecule has 3 aliphatic rings. The van der Waals surface area contributed by atoms with Gasteiger partial charge in [0.25, 0.3) is 6.43 Å². The van der Waals surface area contributed by atoms with E-state index in [1.54, 1.807) is 18.2 Å². The van der Waals surface area contributed by atoms with Crippen LogP contribution in [0.1, 0.15) is 25.3 Å². The summed E-state index contributed by atoms with van der Waals surface area (Å²) in [6.07, 6.45) is -1.17. The van der Waals surface area contributed by atoms with E-state index in [4.69, 9.17) is 9.47 Å². The molecular weight excluding hydrogens is 526 g/mol. The van der Waals surface area contributed by atoms with Crippen molar-refractivity contribution in [1.82, 2.24) is 24.2 Å². The van der Waals surface area contributed by atoms with E-state index >= 15 is 0 Å². The molecule has 0 aliphatic carbocycles. The summed E-state index contributed by atoms with van der Waals surface area (Å²) in [5.41, 5.74) is 0.390. The molecule has 0 bridgehead atoms. The Morgan fingerprint density at radius 3 is 2.78 bits per heavy atom. The van der Waals surface area contributed by atoms with Gasteiger partial charge in [0, 0.05) is 37.9 Å². The van der Waals surface area contributed by atoms with Gasteiger partial charge in [-0.2, -0.15) is 0 Å². The van der Waals surface area contributed by atoms with Gasteiger partial charge in [0.05, 0.1) is 47.9 Å². The van der Waals surface area contributed by atoms with E-state index < -0.39 is 22.0 Å². The molecule has 3 aromatic heterocycles. The van der Waals surface area contributed by atoms with Crippen LogP contribution >= 0.6 is 11.3 Å². The number of anilines is 1. The van der Waals surface area contributed by atoms with Crippen LogP contribution in [-0.2, 0) is 19.5 Å². The van der Waals surface area contributed by atoms with Crippen LogP contribution in [0.5, 0.6) is 0 Å². The number of hydrogen-bond donors (Lipinski definition) is 1. The number of nitrogens with one attached hydrogen (secondary N) is 1. The number of sulfonamides is 1. The van der Waals surface area contributed by atoms with Gasteiger partial charge in [-0.25, -0.2) is 21.9 Å². The number of alkyl halides is 2. The first-order valence-corrected chi connectivity index (χ1v) is 14.4. The maximum absolute atomic E-state index is 13.6. The third-order valence-electron chi connectivity index (χ3n) is 7.55. The van der Waals surface area contributed by atoms with Gasteiger partial charge < -0.3 is 18.8 Å². The lowest BCUT2D eigenvalue weighted by molar-refractivity contribution is -0.120. The Hall–Kier alpha value is -2.23. The fourth-order valence-electron chi connectivity index (χ4n) is 5.11. The molecule has 3 atom stereocenters. The third kappa shape index (κ3) is 4.42. The van der Waals surface area contributed by atoms with E-state index in [0.717, 1.165) is 24.4 Å². The summed E-state index contributed by atoms with van der Waals surface area (Å²) in [5, 5.41) is 7.52. The Morgan fingerprint density at radius 2 is 2.08 bits per heavy atom. The lowest BCUT2D eigenvalue weighted by Crippen LogP contribution is -2.65. The van der Waals surface area contributed by atoms with Crippen LogP contribution in [0, 0.1) is 0 Å². The van der Waals surface area contributed by atoms with Gasteiger partial charge in [0.2, 0.25) is 10.0 Å². The summed E-state index contributed by atoms with van der Waals surface area (Å²) in [5.74, 6) is 0.705. The van der Waals surface area contributed by atoms with E-state index in [1.807, 2.05) is 24.4 Å². The first-order valence-electron chi connectivity index (χ1n) is 12.1. The second kappa shape index (κ2) is 9.20. The summed E-state index contributed by atoms with van der Waals surface area (Å²) in [7, 11) is -3.93. The van der Waals surface area contributed by atoms with Gasteiger partial charge in [-0.15, -0.1) is 10.2 Å². The molecule has 14 heteroatoms. The number of halogens is 2. The first-order chi connectivity index (χ1) is 17.6. The normalized spacial score (nSPS) is 27.0. The fraction of sp³-hybridized carbons (Fsp3) is 0.565. The predicted molar refractivity (Wildman–Crippen MR) is 134 cm³/mol. The van der Waals surface area contributed by atoms with E-state index in [1.165, 1.54) is 0 Å². The Labute approximate surface area is 217 Å². The molecule has 0 spiro atoms. The van der Waals surface area contributed by atoms with Crippen LogP contribution in [-0.4, -0.2) is 91.6 Å². The molecule has 3 aromatic rings. The molecule has 0 aromatic carbocycles. The summed E-state index contributed by atoms with van der Waals surface area (Å²) in [4.78, 5) is 4.65. The number of pyridine rings is 1. The highest BCUT2D eigenvalue weighted by Gasteiger charge is 2.45. The number of aromatic nitrogens is 3. The topological polar surface area (TPSA) is 101 Å². The number of hydrogen-bond acceptors (Lipinski definition) is 9. The summed E-state index contributed by atoms with van der Waals surface area (Å²) in [6, 6.07) is 5.21. The molecule has 2 unspecified atom stereocenters. The predicted octanol–water partition coefficient (Wildman–Crippen LogP) is 2.37. The molecule has 1 N–H and O–H groups in total. The van der Waals surface area contributed by atoms with Crippen molar-refractivity contribution in [2.75, 3.05) is 50.9 Å². The van der Waals surface area contributed by atoms with Crippen molar-refractivity contribution in [2.24, 2.45) is 0 Å². The second-order valence-corrected chi connectivity index (χ2v) is 12.7. The average molecular weight is 555 g/mol. The maximum atomic E-state index is 13.6. The van der Waals surface area contributed by atoms with Gasteiger partial charge >= 0.3 is 0 Å². The van der Waals surface area contributed by atoms with Gasteiger partial charge in [-0.3, -0.25) is 4.90 Å². The lowest BCUT2D eigenvalue weighted by Gasteiger charge is -2.45. The molecule has 3 aliphatic heterocycles. The SMILES string of the molecule is CC1OCC1(C)NS(=O)(=O)c1cc(N2CCN3CCOC[C@H]3C2)n2ccc(-c3nnc(C(F)F)s3)c2c1. The Bertz CT molecular complexity index is 1430. The third-order valence-corrected chi connectivity index (χ3v) is 10.1. The first kappa shape index (κ1) is 25.1. The van der Waals surface area contributed by atoms with Crippen molar-refractivity contribution in [3.63, 3.8) is 0 Å². The van der Waals surface area contributed by atoms with E-state index in [0.29, 0.717) is 48.2 Å². The highest BCUT2D eigenvalue weighted by atomic mass is 32.2. The zero-order chi connectivity index (χ0) is 25.9.